The maximum Gasteiger partial charge on any atom is 0.222 e. The Morgan fingerprint density at radius 3 is 2.89 bits per heavy atom. The number of amides is 1. The van der Waals surface area contributed by atoms with Gasteiger partial charge in [-0.15, -0.1) is 0 Å². The van der Waals surface area contributed by atoms with E-state index >= 15 is 0 Å². The molecule has 2 N–H and O–H groups in total. The number of pyridine rings is 3. The number of aromatic amines is 1. The van der Waals surface area contributed by atoms with Crippen LogP contribution < -0.4 is 10.1 Å². The van der Waals surface area contributed by atoms with E-state index in [4.69, 9.17) is 8.85 Å². The minimum absolute atomic E-state index is 0.143. The van der Waals surface area contributed by atoms with Crippen molar-refractivity contribution in [2.45, 2.75) is 6.92 Å². The molecule has 0 atom stereocenters. The van der Waals surface area contributed by atoms with Gasteiger partial charge in [-0.1, -0.05) is 0 Å². The maximum atomic E-state index is 11.4. The molecule has 27 heavy (non-hydrogen) atoms. The Bertz CT molecular complexity index is 1220. The van der Waals surface area contributed by atoms with Gasteiger partial charge in [0, 0.05) is 24.9 Å². The zero-order valence-electron chi connectivity index (χ0n) is 17.4. The van der Waals surface area contributed by atoms with Crippen molar-refractivity contribution in [1.29, 1.82) is 0 Å². The quantitative estimate of drug-likeness (QED) is 0.578. The van der Waals surface area contributed by atoms with E-state index in [2.05, 4.69) is 25.3 Å². The van der Waals surface area contributed by atoms with Crippen LogP contribution in [0.3, 0.4) is 0 Å². The maximum absolute atomic E-state index is 11.4. The molecule has 7 heteroatoms. The van der Waals surface area contributed by atoms with Crippen LogP contribution in [0.25, 0.3) is 33.5 Å². The summed E-state index contributed by atoms with van der Waals surface area (Å²) in [5.74, 6) is 0.349. The van der Waals surface area contributed by atoms with E-state index in [1.807, 2.05) is 18.2 Å². The molecule has 0 saturated carbocycles. The molecule has 4 rings (SSSR count). The molecular weight excluding hydrogens is 342 g/mol. The number of rotatable bonds is 4. The number of fused-ring (bicyclic) bond motifs is 1. The zero-order chi connectivity index (χ0) is 21.3. The number of nitrogens with zero attached hydrogens (tertiary/aromatic N) is 3. The summed E-state index contributed by atoms with van der Waals surface area (Å²) in [6.07, 6.45) is 4.65. The van der Waals surface area contributed by atoms with Gasteiger partial charge in [0.25, 0.3) is 0 Å². The molecule has 134 valence electrons. The second-order valence-corrected chi connectivity index (χ2v) is 5.87. The van der Waals surface area contributed by atoms with Crippen LogP contribution in [0.15, 0.2) is 55.0 Å². The molecule has 4 aromatic rings. The van der Waals surface area contributed by atoms with Crippen LogP contribution in [0.1, 0.15) is 11.0 Å². The van der Waals surface area contributed by atoms with Crippen LogP contribution in [0.2, 0.25) is 0 Å². The molecule has 0 fully saturated rings. The Labute approximate surface area is 159 Å². The lowest BCUT2D eigenvalue weighted by Gasteiger charge is -2.07. The highest BCUT2D eigenvalue weighted by molar-refractivity contribution is 6.01. The number of ether oxygens (including phenoxy) is 1. The van der Waals surface area contributed by atoms with Crippen molar-refractivity contribution in [1.82, 2.24) is 19.9 Å². The number of hydrogen-bond donors (Lipinski definition) is 2. The van der Waals surface area contributed by atoms with Crippen molar-refractivity contribution in [3.63, 3.8) is 0 Å². The Kier molecular flexibility index (Phi) is 3.43. The monoisotopic (exact) mass is 362 g/mol. The van der Waals surface area contributed by atoms with E-state index < -0.39 is 7.04 Å². The van der Waals surface area contributed by atoms with Gasteiger partial charge >= 0.3 is 0 Å². The average molecular weight is 362 g/mol. The number of methoxy groups -OCH3 is 1. The van der Waals surface area contributed by atoms with Crippen molar-refractivity contribution < 1.29 is 13.6 Å². The van der Waals surface area contributed by atoms with Crippen LogP contribution in [0, 0.1) is 0 Å². The number of nitrogens with one attached hydrogen (secondary N) is 2. The largest absolute Gasteiger partial charge is 0.495 e. The van der Waals surface area contributed by atoms with Crippen LogP contribution in [0.5, 0.6) is 5.75 Å². The minimum atomic E-state index is -2.55. The third-order valence-electron chi connectivity index (χ3n) is 4.02. The number of hydrogen-bond acceptors (Lipinski definition) is 5. The van der Waals surface area contributed by atoms with E-state index in [1.165, 1.54) is 13.1 Å². The lowest BCUT2D eigenvalue weighted by molar-refractivity contribution is -0.114. The molecule has 0 bridgehead atoms. The van der Waals surface area contributed by atoms with E-state index in [0.717, 1.165) is 22.3 Å². The molecule has 7 nitrogen and oxygen atoms in total. The second-order valence-electron chi connectivity index (χ2n) is 5.87. The van der Waals surface area contributed by atoms with E-state index in [9.17, 15) is 4.79 Å². The number of carbonyl (C=O) groups excluding carboxylic acids is 1. The SMILES string of the molecule is [2H]C([2H])([2H])Oc1ccc(-c2c(-c3ccnc(NC(C)=O)c3)[nH]c3cccnc23)nc1. The Morgan fingerprint density at radius 1 is 1.19 bits per heavy atom. The first-order valence-electron chi connectivity index (χ1n) is 9.66. The molecule has 1 amide bonds. The molecule has 0 saturated heterocycles. The van der Waals surface area contributed by atoms with Crippen LogP contribution in [-0.4, -0.2) is 32.9 Å². The fourth-order valence-electron chi connectivity index (χ4n) is 2.91. The number of H-pyrrole nitrogens is 1. The first-order chi connectivity index (χ1) is 14.3. The van der Waals surface area contributed by atoms with Gasteiger partial charge in [-0.3, -0.25) is 14.8 Å². The highest BCUT2D eigenvalue weighted by Crippen LogP contribution is 2.37. The molecule has 4 heterocycles. The molecular formula is C20H17N5O2. The topological polar surface area (TPSA) is 92.8 Å². The summed E-state index contributed by atoms with van der Waals surface area (Å²) in [5.41, 5.74) is 4.38. The lowest BCUT2D eigenvalue weighted by Crippen LogP contribution is -2.07. The molecule has 0 aliphatic rings. The van der Waals surface area contributed by atoms with Gasteiger partial charge in [0.05, 0.1) is 45.3 Å². The summed E-state index contributed by atoms with van der Waals surface area (Å²) < 4.78 is 26.5. The summed E-state index contributed by atoms with van der Waals surface area (Å²) in [5, 5.41) is 2.67. The highest BCUT2D eigenvalue weighted by atomic mass is 16.5. The number of carbonyl (C=O) groups is 1. The van der Waals surface area contributed by atoms with Crippen molar-refractivity contribution in [3.8, 4) is 28.3 Å². The zero-order valence-corrected chi connectivity index (χ0v) is 14.4. The first kappa shape index (κ1) is 13.5. The summed E-state index contributed by atoms with van der Waals surface area (Å²) in [7, 11) is -2.55. The average Bonchev–Trinajstić information content (AvgIpc) is 3.07. The van der Waals surface area contributed by atoms with Gasteiger partial charge in [-0.2, -0.15) is 0 Å². The third-order valence-corrected chi connectivity index (χ3v) is 4.02. The molecule has 0 aromatic carbocycles. The predicted molar refractivity (Wildman–Crippen MR) is 103 cm³/mol. The normalized spacial score (nSPS) is 12.9. The van der Waals surface area contributed by atoms with E-state index in [1.54, 1.807) is 30.6 Å². The van der Waals surface area contributed by atoms with Crippen LogP contribution in [0.4, 0.5) is 5.82 Å². The molecule has 0 aliphatic heterocycles. The van der Waals surface area contributed by atoms with Gasteiger partial charge < -0.3 is 15.0 Å². The summed E-state index contributed by atoms with van der Waals surface area (Å²) in [4.78, 5) is 27.8. The highest BCUT2D eigenvalue weighted by Gasteiger charge is 2.17. The van der Waals surface area contributed by atoms with Gasteiger partial charge in [-0.05, 0) is 36.4 Å². The predicted octanol–water partition coefficient (Wildman–Crippen LogP) is 3.65. The van der Waals surface area contributed by atoms with Crippen molar-refractivity contribution in [3.05, 3.63) is 55.0 Å². The second kappa shape index (κ2) is 6.87. The molecule has 0 radical (unpaired) electrons. The number of aromatic nitrogens is 4. The molecule has 4 aromatic heterocycles. The molecule has 0 spiro atoms. The first-order valence-corrected chi connectivity index (χ1v) is 8.16. The summed E-state index contributed by atoms with van der Waals surface area (Å²) in [6.45, 7) is 1.42. The van der Waals surface area contributed by atoms with Crippen LogP contribution >= 0.6 is 0 Å². The smallest absolute Gasteiger partial charge is 0.222 e. The standard InChI is InChI=1S/C20H17N5O2/c1-12(26)24-17-10-13(7-9-21-17)19-18(15-6-5-14(27-2)11-23-15)20-16(25-19)4-3-8-22-20/h3-11,25H,1-2H3,(H,21,24,26)/i2D3. The van der Waals surface area contributed by atoms with Gasteiger partial charge in [0.15, 0.2) is 0 Å². The lowest BCUT2D eigenvalue weighted by atomic mass is 10.0. The number of anilines is 1. The Balaban J connectivity index is 1.83. The Hall–Kier alpha value is -3.74. The molecule has 0 unspecified atom stereocenters. The van der Waals surface area contributed by atoms with Gasteiger partial charge in [0.1, 0.15) is 11.6 Å². The summed E-state index contributed by atoms with van der Waals surface area (Å²) >= 11 is 0. The fourth-order valence-corrected chi connectivity index (χ4v) is 2.91. The van der Waals surface area contributed by atoms with Gasteiger partial charge in [-0.25, -0.2) is 4.98 Å². The molecule has 0 aliphatic carbocycles. The van der Waals surface area contributed by atoms with Crippen molar-refractivity contribution in [2.24, 2.45) is 0 Å². The minimum Gasteiger partial charge on any atom is -0.495 e. The summed E-state index contributed by atoms with van der Waals surface area (Å²) in [6, 6.07) is 10.5. The van der Waals surface area contributed by atoms with Crippen molar-refractivity contribution >= 4 is 22.8 Å². The van der Waals surface area contributed by atoms with E-state index in [0.29, 0.717) is 17.0 Å². The van der Waals surface area contributed by atoms with Crippen molar-refractivity contribution in [2.75, 3.05) is 12.4 Å². The van der Waals surface area contributed by atoms with Gasteiger partial charge in [0.2, 0.25) is 5.91 Å². The Morgan fingerprint density at radius 2 is 2.11 bits per heavy atom. The van der Waals surface area contributed by atoms with E-state index in [-0.39, 0.29) is 11.7 Å². The van der Waals surface area contributed by atoms with Crippen LogP contribution in [-0.2, 0) is 4.79 Å². The third kappa shape index (κ3) is 3.22. The fraction of sp³-hybridized carbons (Fsp3) is 0.100.